The highest BCUT2D eigenvalue weighted by Gasteiger charge is 2.14. The molecule has 0 aromatic heterocycles. The predicted molar refractivity (Wildman–Crippen MR) is 59.6 cm³/mol. The normalized spacial score (nSPS) is 11.5. The summed E-state index contributed by atoms with van der Waals surface area (Å²) in [7, 11) is 0. The second-order valence-electron chi connectivity index (χ2n) is 4.17. The van der Waals surface area contributed by atoms with Crippen molar-refractivity contribution in [2.75, 3.05) is 6.61 Å². The van der Waals surface area contributed by atoms with Gasteiger partial charge in [-0.1, -0.05) is 12.1 Å². The number of hydrogen-bond acceptors (Lipinski definition) is 2. The molecule has 1 rings (SSSR count). The van der Waals surface area contributed by atoms with Crippen molar-refractivity contribution < 1.29 is 9.13 Å². The quantitative estimate of drug-likeness (QED) is 0.812. The first-order chi connectivity index (χ1) is 7.01. The fourth-order valence-electron chi connectivity index (χ4n) is 1.13. The molecule has 0 saturated carbocycles. The van der Waals surface area contributed by atoms with Crippen LogP contribution in [0.1, 0.15) is 25.8 Å². The molecular formula is C12H18FNO. The molecular weight excluding hydrogens is 193 g/mol. The Hall–Kier alpha value is -1.09. The molecule has 0 aliphatic rings. The lowest BCUT2D eigenvalue weighted by molar-refractivity contribution is 0.161. The van der Waals surface area contributed by atoms with E-state index in [0.29, 0.717) is 19.6 Å². The van der Waals surface area contributed by atoms with Gasteiger partial charge in [-0.15, -0.1) is 0 Å². The average molecular weight is 211 g/mol. The number of ether oxygens (including phenoxy) is 1. The van der Waals surface area contributed by atoms with Crippen LogP contribution in [0.5, 0.6) is 5.75 Å². The van der Waals surface area contributed by atoms with Gasteiger partial charge in [0.25, 0.3) is 0 Å². The minimum absolute atomic E-state index is 0.394. The molecule has 0 heterocycles. The molecule has 0 fully saturated rings. The summed E-state index contributed by atoms with van der Waals surface area (Å²) in [5.41, 5.74) is 5.36. The number of benzene rings is 1. The van der Waals surface area contributed by atoms with Crippen LogP contribution in [0.3, 0.4) is 0 Å². The van der Waals surface area contributed by atoms with Crippen LogP contribution < -0.4 is 10.5 Å². The van der Waals surface area contributed by atoms with Crippen LogP contribution in [0.4, 0.5) is 4.39 Å². The van der Waals surface area contributed by atoms with Crippen molar-refractivity contribution in [3.8, 4) is 5.75 Å². The van der Waals surface area contributed by atoms with Crippen molar-refractivity contribution in [1.82, 2.24) is 0 Å². The van der Waals surface area contributed by atoms with Crippen molar-refractivity contribution in [2.24, 2.45) is 5.73 Å². The molecule has 0 amide bonds. The molecule has 1 aromatic carbocycles. The average Bonchev–Trinajstić information content (AvgIpc) is 2.17. The molecule has 2 N–H and O–H groups in total. The van der Waals surface area contributed by atoms with E-state index in [4.69, 9.17) is 10.5 Å². The highest BCUT2D eigenvalue weighted by atomic mass is 19.1. The van der Waals surface area contributed by atoms with E-state index >= 15 is 0 Å². The van der Waals surface area contributed by atoms with Crippen LogP contribution in [-0.2, 0) is 6.54 Å². The summed E-state index contributed by atoms with van der Waals surface area (Å²) in [6.07, 6.45) is 0.394. The fraction of sp³-hybridized carbons (Fsp3) is 0.500. The molecule has 0 saturated heterocycles. The van der Waals surface area contributed by atoms with E-state index in [9.17, 15) is 4.39 Å². The third kappa shape index (κ3) is 4.79. The van der Waals surface area contributed by atoms with E-state index in [1.807, 2.05) is 24.3 Å². The molecule has 0 aliphatic carbocycles. The molecule has 2 nitrogen and oxygen atoms in total. The molecule has 1 aromatic rings. The zero-order valence-electron chi connectivity index (χ0n) is 9.29. The first kappa shape index (κ1) is 12.0. The summed E-state index contributed by atoms with van der Waals surface area (Å²) in [6.45, 7) is 4.02. The van der Waals surface area contributed by atoms with Gasteiger partial charge in [-0.05, 0) is 31.5 Å². The second-order valence-corrected chi connectivity index (χ2v) is 4.17. The van der Waals surface area contributed by atoms with Crippen LogP contribution in [0.15, 0.2) is 24.3 Å². The number of nitrogens with two attached hydrogens (primary N) is 1. The molecule has 15 heavy (non-hydrogen) atoms. The standard InChI is InChI=1S/C12H18FNO/c1-12(2,13)7-8-15-11-5-3-10(9-14)4-6-11/h3-6H,7-9,14H2,1-2H3. The molecule has 84 valence electrons. The maximum atomic E-state index is 13.1. The Labute approximate surface area is 90.2 Å². The highest BCUT2D eigenvalue weighted by molar-refractivity contribution is 5.27. The number of rotatable bonds is 5. The number of hydrogen-bond donors (Lipinski definition) is 1. The van der Waals surface area contributed by atoms with Gasteiger partial charge in [0.05, 0.1) is 6.61 Å². The number of halogens is 1. The second kappa shape index (κ2) is 5.12. The Kier molecular flexibility index (Phi) is 4.09. The van der Waals surface area contributed by atoms with Gasteiger partial charge in [0, 0.05) is 13.0 Å². The summed E-state index contributed by atoms with van der Waals surface area (Å²) < 4.78 is 18.5. The van der Waals surface area contributed by atoms with Crippen molar-refractivity contribution in [3.63, 3.8) is 0 Å². The van der Waals surface area contributed by atoms with Gasteiger partial charge in [-0.3, -0.25) is 0 Å². The maximum absolute atomic E-state index is 13.1. The van der Waals surface area contributed by atoms with Crippen molar-refractivity contribution in [2.45, 2.75) is 32.5 Å². The third-order valence-corrected chi connectivity index (χ3v) is 2.12. The largest absolute Gasteiger partial charge is 0.493 e. The molecule has 0 aliphatic heterocycles. The van der Waals surface area contributed by atoms with E-state index < -0.39 is 5.67 Å². The molecule has 0 unspecified atom stereocenters. The van der Waals surface area contributed by atoms with Crippen molar-refractivity contribution >= 4 is 0 Å². The van der Waals surface area contributed by atoms with Gasteiger partial charge >= 0.3 is 0 Å². The van der Waals surface area contributed by atoms with E-state index in [1.165, 1.54) is 0 Å². The Morgan fingerprint density at radius 3 is 2.33 bits per heavy atom. The summed E-state index contributed by atoms with van der Waals surface area (Å²) in [5, 5.41) is 0. The van der Waals surface area contributed by atoms with Crippen LogP contribution in [0.25, 0.3) is 0 Å². The van der Waals surface area contributed by atoms with Gasteiger partial charge < -0.3 is 10.5 Å². The minimum atomic E-state index is -1.17. The SMILES string of the molecule is CC(C)(F)CCOc1ccc(CN)cc1. The van der Waals surface area contributed by atoms with Crippen molar-refractivity contribution in [3.05, 3.63) is 29.8 Å². The summed E-state index contributed by atoms with van der Waals surface area (Å²) in [4.78, 5) is 0. The van der Waals surface area contributed by atoms with E-state index in [-0.39, 0.29) is 0 Å². The summed E-state index contributed by atoms with van der Waals surface area (Å²) in [5.74, 6) is 0.761. The highest BCUT2D eigenvalue weighted by Crippen LogP contribution is 2.16. The van der Waals surface area contributed by atoms with E-state index in [2.05, 4.69) is 0 Å². The summed E-state index contributed by atoms with van der Waals surface area (Å²) in [6, 6.07) is 7.53. The molecule has 0 radical (unpaired) electrons. The zero-order valence-corrected chi connectivity index (χ0v) is 9.29. The topological polar surface area (TPSA) is 35.2 Å². The predicted octanol–water partition coefficient (Wildman–Crippen LogP) is 2.66. The Balaban J connectivity index is 2.38. The minimum Gasteiger partial charge on any atom is -0.493 e. The van der Waals surface area contributed by atoms with Gasteiger partial charge in [-0.25, -0.2) is 4.39 Å². The smallest absolute Gasteiger partial charge is 0.119 e. The van der Waals surface area contributed by atoms with Crippen LogP contribution in [0.2, 0.25) is 0 Å². The van der Waals surface area contributed by atoms with Crippen LogP contribution >= 0.6 is 0 Å². The lowest BCUT2D eigenvalue weighted by atomic mass is 10.1. The molecule has 3 heteroatoms. The van der Waals surface area contributed by atoms with Gasteiger partial charge in [0.2, 0.25) is 0 Å². The van der Waals surface area contributed by atoms with E-state index in [0.717, 1.165) is 11.3 Å². The Morgan fingerprint density at radius 1 is 1.27 bits per heavy atom. The number of alkyl halides is 1. The first-order valence-electron chi connectivity index (χ1n) is 5.12. The molecule has 0 atom stereocenters. The Bertz CT molecular complexity index is 289. The van der Waals surface area contributed by atoms with Crippen LogP contribution in [0, 0.1) is 0 Å². The van der Waals surface area contributed by atoms with Crippen LogP contribution in [-0.4, -0.2) is 12.3 Å². The Morgan fingerprint density at radius 2 is 1.87 bits per heavy atom. The monoisotopic (exact) mass is 211 g/mol. The summed E-state index contributed by atoms with van der Waals surface area (Å²) >= 11 is 0. The van der Waals surface area contributed by atoms with Gasteiger partial charge in [0.15, 0.2) is 0 Å². The maximum Gasteiger partial charge on any atom is 0.119 e. The fourth-order valence-corrected chi connectivity index (χ4v) is 1.13. The van der Waals surface area contributed by atoms with E-state index in [1.54, 1.807) is 13.8 Å². The molecule has 0 spiro atoms. The van der Waals surface area contributed by atoms with Gasteiger partial charge in [-0.2, -0.15) is 0 Å². The lowest BCUT2D eigenvalue weighted by Gasteiger charge is -2.14. The lowest BCUT2D eigenvalue weighted by Crippen LogP contribution is -2.16. The van der Waals surface area contributed by atoms with Gasteiger partial charge in [0.1, 0.15) is 11.4 Å². The first-order valence-corrected chi connectivity index (χ1v) is 5.12. The van der Waals surface area contributed by atoms with Crippen molar-refractivity contribution in [1.29, 1.82) is 0 Å². The third-order valence-electron chi connectivity index (χ3n) is 2.12. The zero-order chi connectivity index (χ0) is 11.3. The molecule has 0 bridgehead atoms.